The van der Waals surface area contributed by atoms with Crippen LogP contribution in [0.5, 0.6) is 5.75 Å². The smallest absolute Gasteiger partial charge is 0.333 e. The molecule has 0 saturated carbocycles. The van der Waals surface area contributed by atoms with Crippen molar-refractivity contribution in [3.8, 4) is 10.8 Å². The second-order valence-electron chi connectivity index (χ2n) is 11.9. The van der Waals surface area contributed by atoms with Gasteiger partial charge in [-0.15, -0.1) is 4.80 Å². The predicted octanol–water partition coefficient (Wildman–Crippen LogP) is 3.02. The van der Waals surface area contributed by atoms with Crippen LogP contribution in [0, 0.1) is 12.7 Å². The molecule has 0 saturated heterocycles. The molecule has 3 aromatic heterocycles. The molecule has 4 rings (SSSR count). The van der Waals surface area contributed by atoms with E-state index in [1.54, 1.807) is 34.6 Å². The summed E-state index contributed by atoms with van der Waals surface area (Å²) in [4.78, 5) is 43.5. The third kappa shape index (κ3) is 6.40. The first-order chi connectivity index (χ1) is 20.1. The topological polar surface area (TPSA) is 148 Å². The number of rotatable bonds is 11. The molecule has 14 heteroatoms. The van der Waals surface area contributed by atoms with Gasteiger partial charge in [0.2, 0.25) is 5.91 Å². The zero-order chi connectivity index (χ0) is 31.9. The summed E-state index contributed by atoms with van der Waals surface area (Å²) in [6.45, 7) is 11.8. The summed E-state index contributed by atoms with van der Waals surface area (Å²) in [5.41, 5.74) is 3.42. The van der Waals surface area contributed by atoms with E-state index in [9.17, 15) is 18.8 Å². The number of carbonyl (C=O) groups is 1. The first-order valence-corrected chi connectivity index (χ1v) is 14.6. The van der Waals surface area contributed by atoms with Crippen molar-refractivity contribution in [2.45, 2.75) is 78.2 Å². The largest absolute Gasteiger partial charge is 0.496 e. The average Bonchev–Trinajstić information content (AvgIpc) is 3.55. The highest BCUT2D eigenvalue weighted by Crippen LogP contribution is 2.34. The van der Waals surface area contributed by atoms with E-state index in [-0.39, 0.29) is 24.6 Å². The molecule has 0 aliphatic heterocycles. The van der Waals surface area contributed by atoms with E-state index in [0.29, 0.717) is 26.7 Å². The number of ether oxygens (including phenoxy) is 2. The van der Waals surface area contributed by atoms with E-state index < -0.39 is 40.2 Å². The Morgan fingerprint density at radius 3 is 2.40 bits per heavy atom. The lowest BCUT2D eigenvalue weighted by atomic mass is 10.0. The van der Waals surface area contributed by atoms with Crippen molar-refractivity contribution in [3.05, 3.63) is 68.4 Å². The number of hydrogen-bond acceptors (Lipinski definition) is 9. The molecule has 232 valence electrons. The molecule has 1 atom stereocenters. The Morgan fingerprint density at radius 2 is 1.81 bits per heavy atom. The maximum absolute atomic E-state index is 14.6. The van der Waals surface area contributed by atoms with E-state index >= 15 is 0 Å². The molecule has 0 aliphatic rings. The van der Waals surface area contributed by atoms with Crippen LogP contribution in [0.2, 0.25) is 0 Å². The number of carbonyl (C=O) groups excluding carboxylic acids is 1. The van der Waals surface area contributed by atoms with Gasteiger partial charge in [0.1, 0.15) is 33.0 Å². The predicted molar refractivity (Wildman–Crippen MR) is 163 cm³/mol. The Balaban J connectivity index is 2.04. The van der Waals surface area contributed by atoms with Crippen LogP contribution in [0.4, 0.5) is 4.39 Å². The molecule has 3 heterocycles. The van der Waals surface area contributed by atoms with Crippen LogP contribution in [0.1, 0.15) is 58.8 Å². The number of thiophene rings is 1. The van der Waals surface area contributed by atoms with Crippen LogP contribution in [-0.4, -0.2) is 55.3 Å². The fourth-order valence-electron chi connectivity index (χ4n) is 4.72. The first-order valence-electron chi connectivity index (χ1n) is 13.8. The summed E-state index contributed by atoms with van der Waals surface area (Å²) in [5.74, 6) is -0.678. The third-order valence-electron chi connectivity index (χ3n) is 6.87. The highest BCUT2D eigenvalue weighted by atomic mass is 32.1. The normalized spacial score (nSPS) is 13.1. The van der Waals surface area contributed by atoms with Crippen molar-refractivity contribution in [2.24, 2.45) is 5.73 Å². The molecule has 0 aliphatic carbocycles. The van der Waals surface area contributed by atoms with Crippen LogP contribution >= 0.6 is 11.3 Å². The SMILES string of the molecule is COc1ccc(F)cc1C(Cn1c(=O)n(C(C)(C)C(=O)NC(C)C)c(=O)c2c(C)c(-n3nccn3)sc21)OCC(C)(C)N. The molecule has 0 radical (unpaired) electrons. The number of hydrogen-bond donors (Lipinski definition) is 2. The number of fused-ring (bicyclic) bond motifs is 1. The summed E-state index contributed by atoms with van der Waals surface area (Å²) < 4.78 is 28.7. The molecular formula is C29H38FN7O5S. The van der Waals surface area contributed by atoms with Crippen molar-refractivity contribution in [1.82, 2.24) is 29.4 Å². The second kappa shape index (κ2) is 12.0. The van der Waals surface area contributed by atoms with Gasteiger partial charge >= 0.3 is 5.69 Å². The molecule has 43 heavy (non-hydrogen) atoms. The monoisotopic (exact) mass is 615 g/mol. The van der Waals surface area contributed by atoms with Crippen LogP contribution in [0.3, 0.4) is 0 Å². The van der Waals surface area contributed by atoms with E-state index in [1.807, 2.05) is 0 Å². The Morgan fingerprint density at radius 1 is 1.16 bits per heavy atom. The Bertz CT molecular complexity index is 1750. The lowest BCUT2D eigenvalue weighted by Gasteiger charge is -2.29. The van der Waals surface area contributed by atoms with Crippen molar-refractivity contribution < 1.29 is 18.7 Å². The number of nitrogens with two attached hydrogens (primary N) is 1. The zero-order valence-electron chi connectivity index (χ0n) is 25.6. The quantitative estimate of drug-likeness (QED) is 0.262. The summed E-state index contributed by atoms with van der Waals surface area (Å²) in [6.07, 6.45) is 2.08. The highest BCUT2D eigenvalue weighted by molar-refractivity contribution is 7.21. The van der Waals surface area contributed by atoms with Gasteiger partial charge in [0.15, 0.2) is 0 Å². The van der Waals surface area contributed by atoms with E-state index in [1.165, 1.54) is 60.9 Å². The van der Waals surface area contributed by atoms with Crippen LogP contribution in [0.15, 0.2) is 40.2 Å². The molecule has 0 fully saturated rings. The number of aryl methyl sites for hydroxylation is 1. The zero-order valence-corrected chi connectivity index (χ0v) is 26.4. The van der Waals surface area contributed by atoms with Gasteiger partial charge in [0.05, 0.1) is 38.0 Å². The van der Waals surface area contributed by atoms with Crippen molar-refractivity contribution >= 4 is 27.5 Å². The second-order valence-corrected chi connectivity index (χ2v) is 12.9. The van der Waals surface area contributed by atoms with Crippen molar-refractivity contribution in [3.63, 3.8) is 0 Å². The average molecular weight is 616 g/mol. The molecule has 1 aromatic carbocycles. The van der Waals surface area contributed by atoms with Gasteiger partial charge in [0.25, 0.3) is 5.56 Å². The summed E-state index contributed by atoms with van der Waals surface area (Å²) in [5, 5.41) is 12.0. The fourth-order valence-corrected chi connectivity index (χ4v) is 5.94. The molecule has 1 amide bonds. The Labute approximate surface area is 252 Å². The van der Waals surface area contributed by atoms with Gasteiger partial charge in [-0.3, -0.25) is 14.2 Å². The van der Waals surface area contributed by atoms with Crippen LogP contribution < -0.4 is 27.0 Å². The number of nitrogens with one attached hydrogen (secondary N) is 1. The van der Waals surface area contributed by atoms with E-state index in [4.69, 9.17) is 15.2 Å². The molecular weight excluding hydrogens is 577 g/mol. The van der Waals surface area contributed by atoms with E-state index in [0.717, 1.165) is 15.9 Å². The minimum atomic E-state index is -1.57. The fraction of sp³-hybridized carbons (Fsp3) is 0.483. The summed E-state index contributed by atoms with van der Waals surface area (Å²) in [6, 6.07) is 3.79. The third-order valence-corrected chi connectivity index (χ3v) is 8.15. The Hall–Kier alpha value is -3.88. The number of nitrogens with zero attached hydrogens (tertiary/aromatic N) is 5. The maximum atomic E-state index is 14.6. The molecule has 3 N–H and O–H groups in total. The summed E-state index contributed by atoms with van der Waals surface area (Å²) >= 11 is 1.15. The van der Waals surface area contributed by atoms with Gasteiger partial charge in [-0.25, -0.2) is 13.8 Å². The van der Waals surface area contributed by atoms with Gasteiger partial charge in [-0.05, 0) is 66.7 Å². The minimum Gasteiger partial charge on any atom is -0.496 e. The number of amides is 1. The maximum Gasteiger partial charge on any atom is 0.333 e. The number of benzene rings is 1. The minimum absolute atomic E-state index is 0.0586. The number of halogens is 1. The van der Waals surface area contributed by atoms with E-state index in [2.05, 4.69) is 15.5 Å². The molecule has 12 nitrogen and oxygen atoms in total. The molecule has 0 bridgehead atoms. The molecule has 0 spiro atoms. The van der Waals surface area contributed by atoms with Crippen LogP contribution in [0.25, 0.3) is 15.2 Å². The van der Waals surface area contributed by atoms with Gasteiger partial charge < -0.3 is 20.5 Å². The highest BCUT2D eigenvalue weighted by Gasteiger charge is 2.36. The molecule has 4 aromatic rings. The lowest BCUT2D eigenvalue weighted by Crippen LogP contribution is -2.56. The van der Waals surface area contributed by atoms with Gasteiger partial charge in [-0.1, -0.05) is 11.3 Å². The van der Waals surface area contributed by atoms with Crippen LogP contribution in [-0.2, 0) is 21.6 Å². The summed E-state index contributed by atoms with van der Waals surface area (Å²) in [7, 11) is 1.45. The first kappa shape index (κ1) is 32.0. The van der Waals surface area contributed by atoms with Gasteiger partial charge in [0, 0.05) is 22.7 Å². The van der Waals surface area contributed by atoms with Gasteiger partial charge in [-0.2, -0.15) is 10.2 Å². The van der Waals surface area contributed by atoms with Crippen molar-refractivity contribution in [2.75, 3.05) is 13.7 Å². The lowest BCUT2D eigenvalue weighted by molar-refractivity contribution is -0.129. The molecule has 1 unspecified atom stereocenters. The number of methoxy groups -OCH3 is 1. The number of aromatic nitrogens is 5. The standard InChI is InChI=1S/C29H38FN7O5S/c1-16(2)34-26(39)29(6,7)36-23(38)22-17(3)24(37-32-11-12-33-37)43-25(22)35(27(36)40)14-21(42-15-28(4,5)31)19-13-18(30)9-10-20(19)41-8/h9-13,16,21H,14-15,31H2,1-8H3,(H,34,39). The van der Waals surface area contributed by atoms with Crippen molar-refractivity contribution in [1.29, 1.82) is 0 Å². The Kier molecular flexibility index (Phi) is 8.95.